The van der Waals surface area contributed by atoms with Crippen LogP contribution in [0.25, 0.3) is 11.1 Å². The number of nitrogens with two attached hydrogens (primary N) is 1. The fourth-order valence-corrected chi connectivity index (χ4v) is 1.79. The van der Waals surface area contributed by atoms with Gasteiger partial charge >= 0.3 is 0 Å². The average Bonchev–Trinajstić information content (AvgIpc) is 2.37. The van der Waals surface area contributed by atoms with E-state index in [0.29, 0.717) is 17.0 Å². The van der Waals surface area contributed by atoms with Gasteiger partial charge in [-0.1, -0.05) is 6.07 Å². The molecule has 2 N–H and O–H groups in total. The molecule has 0 unspecified atom stereocenters. The summed E-state index contributed by atoms with van der Waals surface area (Å²) in [6.07, 6.45) is -0.0887. The molecule has 0 aromatic heterocycles. The lowest BCUT2D eigenvalue weighted by Crippen LogP contribution is -2.07. The molecule has 0 aliphatic rings. The van der Waals surface area contributed by atoms with Crippen LogP contribution in [-0.2, 0) is 0 Å². The van der Waals surface area contributed by atoms with Crippen molar-refractivity contribution in [3.63, 3.8) is 0 Å². The monoisotopic (exact) mass is 281 g/mol. The van der Waals surface area contributed by atoms with E-state index in [2.05, 4.69) is 0 Å². The summed E-state index contributed by atoms with van der Waals surface area (Å²) in [5, 5.41) is 0. The van der Waals surface area contributed by atoms with Crippen LogP contribution in [0.3, 0.4) is 0 Å². The number of hydrogen-bond donors (Lipinski definition) is 1. The molecule has 20 heavy (non-hydrogen) atoms. The lowest BCUT2D eigenvalue weighted by molar-refractivity contribution is 0.244. The normalized spacial score (nSPS) is 10.9. The van der Waals surface area contributed by atoms with Crippen molar-refractivity contribution < 1.29 is 17.9 Å². The molecule has 2 nitrogen and oxygen atoms in total. The van der Waals surface area contributed by atoms with Crippen molar-refractivity contribution in [1.82, 2.24) is 0 Å². The number of benzene rings is 2. The van der Waals surface area contributed by atoms with Crippen molar-refractivity contribution >= 4 is 5.69 Å². The van der Waals surface area contributed by atoms with Gasteiger partial charge < -0.3 is 10.5 Å². The van der Waals surface area contributed by atoms with Crippen molar-refractivity contribution in [1.29, 1.82) is 0 Å². The first kappa shape index (κ1) is 14.2. The fourth-order valence-electron chi connectivity index (χ4n) is 1.79. The lowest BCUT2D eigenvalue weighted by atomic mass is 10.0. The molecule has 0 fully saturated rings. The highest BCUT2D eigenvalue weighted by Gasteiger charge is 2.13. The van der Waals surface area contributed by atoms with Gasteiger partial charge in [0.1, 0.15) is 5.75 Å². The zero-order chi connectivity index (χ0) is 14.9. The van der Waals surface area contributed by atoms with Gasteiger partial charge in [-0.25, -0.2) is 13.2 Å². The number of anilines is 1. The summed E-state index contributed by atoms with van der Waals surface area (Å²) >= 11 is 0. The van der Waals surface area contributed by atoms with Gasteiger partial charge in [0.25, 0.3) is 0 Å². The van der Waals surface area contributed by atoms with Crippen LogP contribution >= 0.6 is 0 Å². The van der Waals surface area contributed by atoms with E-state index in [9.17, 15) is 13.2 Å². The summed E-state index contributed by atoms with van der Waals surface area (Å²) in [5.74, 6) is -3.53. The predicted octanol–water partition coefficient (Wildman–Crippen LogP) is 4.14. The Morgan fingerprint density at radius 1 is 0.950 bits per heavy atom. The van der Waals surface area contributed by atoms with Crippen molar-refractivity contribution in [2.75, 3.05) is 5.73 Å². The molecular formula is C15H14F3NO. The van der Waals surface area contributed by atoms with Crippen molar-refractivity contribution in [2.45, 2.75) is 20.0 Å². The highest BCUT2D eigenvalue weighted by molar-refractivity contribution is 5.70. The molecule has 0 heterocycles. The van der Waals surface area contributed by atoms with E-state index in [-0.39, 0.29) is 11.7 Å². The zero-order valence-corrected chi connectivity index (χ0v) is 11.1. The standard InChI is InChI=1S/C15H14F3NO/c1-8(2)20-14-7-9(3-4-13(14)19)10-5-11(16)15(18)12(17)6-10/h3-8H,19H2,1-2H3. The average molecular weight is 281 g/mol. The molecular weight excluding hydrogens is 267 g/mol. The third-order valence-electron chi connectivity index (χ3n) is 2.69. The number of halogens is 3. The largest absolute Gasteiger partial charge is 0.489 e. The van der Waals surface area contributed by atoms with Gasteiger partial charge in [0.15, 0.2) is 17.5 Å². The second-order valence-corrected chi connectivity index (χ2v) is 4.67. The fraction of sp³-hybridized carbons (Fsp3) is 0.200. The molecule has 2 rings (SSSR count). The van der Waals surface area contributed by atoms with E-state index in [1.807, 2.05) is 13.8 Å². The smallest absolute Gasteiger partial charge is 0.194 e. The van der Waals surface area contributed by atoms with Crippen LogP contribution in [0.4, 0.5) is 18.9 Å². The molecule has 0 spiro atoms. The topological polar surface area (TPSA) is 35.2 Å². The summed E-state index contributed by atoms with van der Waals surface area (Å²) in [4.78, 5) is 0. The number of hydrogen-bond acceptors (Lipinski definition) is 2. The summed E-state index contributed by atoms with van der Waals surface area (Å²) in [5.41, 5.74) is 6.90. The van der Waals surface area contributed by atoms with Crippen molar-refractivity contribution in [3.05, 3.63) is 47.8 Å². The van der Waals surface area contributed by atoms with E-state index in [0.717, 1.165) is 12.1 Å². The number of nitrogen functional groups attached to an aromatic ring is 1. The Hall–Kier alpha value is -2.17. The molecule has 106 valence electrons. The van der Waals surface area contributed by atoms with E-state index >= 15 is 0 Å². The highest BCUT2D eigenvalue weighted by Crippen LogP contribution is 2.31. The predicted molar refractivity (Wildman–Crippen MR) is 71.9 cm³/mol. The maximum absolute atomic E-state index is 13.2. The molecule has 0 radical (unpaired) electrons. The van der Waals surface area contributed by atoms with Gasteiger partial charge in [0.2, 0.25) is 0 Å². The molecule has 0 amide bonds. The summed E-state index contributed by atoms with van der Waals surface area (Å²) < 4.78 is 44.9. The minimum Gasteiger partial charge on any atom is -0.489 e. The maximum atomic E-state index is 13.2. The van der Waals surface area contributed by atoms with Gasteiger partial charge in [-0.05, 0) is 49.2 Å². The van der Waals surface area contributed by atoms with Crippen LogP contribution in [0.5, 0.6) is 5.75 Å². The van der Waals surface area contributed by atoms with Crippen molar-refractivity contribution in [3.8, 4) is 16.9 Å². The summed E-state index contributed by atoms with van der Waals surface area (Å²) in [7, 11) is 0. The molecule has 0 bridgehead atoms. The van der Waals surface area contributed by atoms with Crippen LogP contribution in [0, 0.1) is 17.5 Å². The second kappa shape index (κ2) is 5.45. The van der Waals surface area contributed by atoms with Gasteiger partial charge in [0.05, 0.1) is 11.8 Å². The molecule has 0 saturated heterocycles. The molecule has 5 heteroatoms. The minimum absolute atomic E-state index is 0.0887. The Kier molecular flexibility index (Phi) is 3.88. The number of rotatable bonds is 3. The second-order valence-electron chi connectivity index (χ2n) is 4.67. The first-order chi connectivity index (χ1) is 9.38. The van der Waals surface area contributed by atoms with Gasteiger partial charge in [-0.2, -0.15) is 0 Å². The SMILES string of the molecule is CC(C)Oc1cc(-c2cc(F)c(F)c(F)c2)ccc1N. The third-order valence-corrected chi connectivity index (χ3v) is 2.69. The Morgan fingerprint density at radius 2 is 1.55 bits per heavy atom. The van der Waals surface area contributed by atoms with Crippen LogP contribution in [0.2, 0.25) is 0 Å². The highest BCUT2D eigenvalue weighted by atomic mass is 19.2. The summed E-state index contributed by atoms with van der Waals surface area (Å²) in [6.45, 7) is 3.67. The summed E-state index contributed by atoms with van der Waals surface area (Å²) in [6, 6.07) is 6.61. The molecule has 0 atom stereocenters. The first-order valence-corrected chi connectivity index (χ1v) is 6.09. The number of ether oxygens (including phenoxy) is 1. The van der Waals surface area contributed by atoms with Gasteiger partial charge in [-0.15, -0.1) is 0 Å². The Bertz CT molecular complexity index is 618. The molecule has 0 aliphatic heterocycles. The third kappa shape index (κ3) is 2.87. The maximum Gasteiger partial charge on any atom is 0.194 e. The van der Waals surface area contributed by atoms with Crippen LogP contribution < -0.4 is 10.5 Å². The van der Waals surface area contributed by atoms with Crippen LogP contribution in [0.1, 0.15) is 13.8 Å². The Morgan fingerprint density at radius 3 is 2.10 bits per heavy atom. The van der Waals surface area contributed by atoms with E-state index in [1.54, 1.807) is 18.2 Å². The quantitative estimate of drug-likeness (QED) is 0.678. The van der Waals surface area contributed by atoms with Crippen LogP contribution in [0.15, 0.2) is 30.3 Å². The molecule has 2 aromatic carbocycles. The molecule has 0 aliphatic carbocycles. The van der Waals surface area contributed by atoms with E-state index < -0.39 is 17.5 Å². The van der Waals surface area contributed by atoms with Crippen molar-refractivity contribution in [2.24, 2.45) is 0 Å². The minimum atomic E-state index is -1.48. The van der Waals surface area contributed by atoms with E-state index in [1.165, 1.54) is 0 Å². The van der Waals surface area contributed by atoms with Crippen LogP contribution in [-0.4, -0.2) is 6.10 Å². The van der Waals surface area contributed by atoms with Gasteiger partial charge in [-0.3, -0.25) is 0 Å². The lowest BCUT2D eigenvalue weighted by Gasteiger charge is -2.13. The molecule has 0 saturated carbocycles. The zero-order valence-electron chi connectivity index (χ0n) is 11.1. The van der Waals surface area contributed by atoms with E-state index in [4.69, 9.17) is 10.5 Å². The Labute approximate surface area is 115 Å². The molecule has 2 aromatic rings. The Balaban J connectivity index is 2.48. The first-order valence-electron chi connectivity index (χ1n) is 6.09. The van der Waals surface area contributed by atoms with Gasteiger partial charge in [0, 0.05) is 0 Å².